The van der Waals surface area contributed by atoms with Crippen LogP contribution in [0.4, 0.5) is 13.2 Å². The standard InChI is InChI=1S/C12H10F3N/c13-11-6-5-10(12(14,15)7-16)8-3-1-2-4-9(8)11/h1-6H,7,16H2. The molecule has 0 saturated carbocycles. The smallest absolute Gasteiger partial charge is 0.285 e. The highest BCUT2D eigenvalue weighted by Crippen LogP contribution is 2.33. The Morgan fingerprint density at radius 3 is 2.25 bits per heavy atom. The van der Waals surface area contributed by atoms with Crippen LogP contribution in [0.1, 0.15) is 5.56 Å². The zero-order valence-corrected chi connectivity index (χ0v) is 8.38. The van der Waals surface area contributed by atoms with Crippen molar-refractivity contribution in [2.75, 3.05) is 6.54 Å². The van der Waals surface area contributed by atoms with Gasteiger partial charge in [-0.2, -0.15) is 8.78 Å². The van der Waals surface area contributed by atoms with E-state index < -0.39 is 18.3 Å². The molecule has 0 aliphatic rings. The Hall–Kier alpha value is -1.55. The van der Waals surface area contributed by atoms with Gasteiger partial charge in [-0.1, -0.05) is 24.3 Å². The first-order chi connectivity index (χ1) is 7.56. The van der Waals surface area contributed by atoms with Crippen molar-refractivity contribution in [1.29, 1.82) is 0 Å². The SMILES string of the molecule is NCC(F)(F)c1ccc(F)c2ccccc12. The van der Waals surface area contributed by atoms with Gasteiger partial charge in [0.25, 0.3) is 5.92 Å². The molecule has 16 heavy (non-hydrogen) atoms. The van der Waals surface area contributed by atoms with Crippen molar-refractivity contribution < 1.29 is 13.2 Å². The first kappa shape index (κ1) is 11.0. The molecule has 0 aliphatic carbocycles. The Kier molecular flexibility index (Phi) is 2.59. The van der Waals surface area contributed by atoms with Crippen LogP contribution in [0.3, 0.4) is 0 Å². The predicted molar refractivity (Wildman–Crippen MR) is 56.9 cm³/mol. The minimum atomic E-state index is -3.13. The van der Waals surface area contributed by atoms with Gasteiger partial charge in [-0.25, -0.2) is 4.39 Å². The van der Waals surface area contributed by atoms with E-state index in [0.29, 0.717) is 0 Å². The molecule has 1 nitrogen and oxygen atoms in total. The lowest BCUT2D eigenvalue weighted by atomic mass is 9.99. The van der Waals surface area contributed by atoms with Crippen LogP contribution < -0.4 is 5.73 Å². The van der Waals surface area contributed by atoms with E-state index in [9.17, 15) is 13.2 Å². The van der Waals surface area contributed by atoms with E-state index >= 15 is 0 Å². The number of fused-ring (bicyclic) bond motifs is 1. The molecule has 0 spiro atoms. The molecule has 0 unspecified atom stereocenters. The number of hydrogen-bond donors (Lipinski definition) is 1. The number of rotatable bonds is 2. The van der Waals surface area contributed by atoms with E-state index in [4.69, 9.17) is 5.73 Å². The minimum absolute atomic E-state index is 0.188. The van der Waals surface area contributed by atoms with Crippen LogP contribution in [-0.2, 0) is 5.92 Å². The monoisotopic (exact) mass is 225 g/mol. The van der Waals surface area contributed by atoms with Crippen molar-refractivity contribution in [2.24, 2.45) is 5.73 Å². The average molecular weight is 225 g/mol. The summed E-state index contributed by atoms with van der Waals surface area (Å²) in [5.74, 6) is -3.64. The topological polar surface area (TPSA) is 26.0 Å². The second-order valence-corrected chi connectivity index (χ2v) is 3.55. The molecule has 0 saturated heterocycles. The average Bonchev–Trinajstić information content (AvgIpc) is 2.29. The molecule has 0 aromatic heterocycles. The summed E-state index contributed by atoms with van der Waals surface area (Å²) in [5, 5.41) is 0.395. The summed E-state index contributed by atoms with van der Waals surface area (Å²) >= 11 is 0. The van der Waals surface area contributed by atoms with Crippen molar-refractivity contribution in [2.45, 2.75) is 5.92 Å². The van der Waals surface area contributed by atoms with E-state index in [0.717, 1.165) is 12.1 Å². The third-order valence-electron chi connectivity index (χ3n) is 2.52. The Morgan fingerprint density at radius 2 is 1.62 bits per heavy atom. The Morgan fingerprint density at radius 1 is 1.00 bits per heavy atom. The van der Waals surface area contributed by atoms with Crippen molar-refractivity contribution in [3.8, 4) is 0 Å². The normalized spacial score (nSPS) is 12.0. The van der Waals surface area contributed by atoms with Crippen LogP contribution in [0, 0.1) is 5.82 Å². The summed E-state index contributed by atoms with van der Waals surface area (Å²) in [5.41, 5.74) is 4.79. The Balaban J connectivity index is 2.77. The molecule has 0 radical (unpaired) electrons. The van der Waals surface area contributed by atoms with E-state index in [1.807, 2.05) is 0 Å². The molecule has 4 heteroatoms. The van der Waals surface area contributed by atoms with Crippen LogP contribution >= 0.6 is 0 Å². The lowest BCUT2D eigenvalue weighted by molar-refractivity contribution is 0.00750. The second-order valence-electron chi connectivity index (χ2n) is 3.55. The maximum atomic E-state index is 13.5. The molecule has 2 N–H and O–H groups in total. The van der Waals surface area contributed by atoms with Gasteiger partial charge < -0.3 is 5.73 Å². The van der Waals surface area contributed by atoms with Gasteiger partial charge in [-0.05, 0) is 17.5 Å². The van der Waals surface area contributed by atoms with Crippen molar-refractivity contribution in [1.82, 2.24) is 0 Å². The Bertz CT molecular complexity index is 523. The van der Waals surface area contributed by atoms with E-state index in [1.165, 1.54) is 12.1 Å². The molecule has 0 atom stereocenters. The molecule has 0 amide bonds. The van der Waals surface area contributed by atoms with E-state index in [-0.39, 0.29) is 16.3 Å². The number of benzene rings is 2. The van der Waals surface area contributed by atoms with Crippen molar-refractivity contribution in [3.05, 3.63) is 47.8 Å². The van der Waals surface area contributed by atoms with Crippen LogP contribution in [-0.4, -0.2) is 6.54 Å². The molecule has 0 heterocycles. The quantitative estimate of drug-likeness (QED) is 0.835. The highest BCUT2D eigenvalue weighted by molar-refractivity contribution is 5.86. The highest BCUT2D eigenvalue weighted by Gasteiger charge is 2.31. The van der Waals surface area contributed by atoms with Gasteiger partial charge in [-0.3, -0.25) is 0 Å². The summed E-state index contributed by atoms with van der Waals surface area (Å²) in [6.07, 6.45) is 0. The van der Waals surface area contributed by atoms with Crippen LogP contribution in [0.2, 0.25) is 0 Å². The fourth-order valence-corrected chi connectivity index (χ4v) is 1.69. The lowest BCUT2D eigenvalue weighted by Crippen LogP contribution is -2.25. The Labute approximate surface area is 90.7 Å². The van der Waals surface area contributed by atoms with Crippen LogP contribution in [0.25, 0.3) is 10.8 Å². The fraction of sp³-hybridized carbons (Fsp3) is 0.167. The van der Waals surface area contributed by atoms with Crippen molar-refractivity contribution >= 4 is 10.8 Å². The first-order valence-corrected chi connectivity index (χ1v) is 4.82. The lowest BCUT2D eigenvalue weighted by Gasteiger charge is -2.16. The fourth-order valence-electron chi connectivity index (χ4n) is 1.69. The van der Waals surface area contributed by atoms with Crippen LogP contribution in [0.15, 0.2) is 36.4 Å². The number of alkyl halides is 2. The highest BCUT2D eigenvalue weighted by atomic mass is 19.3. The molecule has 2 aromatic carbocycles. The van der Waals surface area contributed by atoms with E-state index in [2.05, 4.69) is 0 Å². The van der Waals surface area contributed by atoms with Gasteiger partial charge >= 0.3 is 0 Å². The number of nitrogens with two attached hydrogens (primary N) is 1. The van der Waals surface area contributed by atoms with Crippen LogP contribution in [0.5, 0.6) is 0 Å². The van der Waals surface area contributed by atoms with Gasteiger partial charge in [0.05, 0.1) is 6.54 Å². The first-order valence-electron chi connectivity index (χ1n) is 4.82. The van der Waals surface area contributed by atoms with Crippen molar-refractivity contribution in [3.63, 3.8) is 0 Å². The summed E-state index contributed by atoms with van der Waals surface area (Å²) in [6, 6.07) is 8.28. The predicted octanol–water partition coefficient (Wildman–Crippen LogP) is 3.03. The summed E-state index contributed by atoms with van der Waals surface area (Å²) in [6.45, 7) is -0.789. The van der Waals surface area contributed by atoms with Gasteiger partial charge in [0.15, 0.2) is 0 Å². The molecule has 0 aliphatic heterocycles. The zero-order valence-electron chi connectivity index (χ0n) is 8.38. The van der Waals surface area contributed by atoms with Gasteiger partial charge in [0.1, 0.15) is 5.82 Å². The third-order valence-corrected chi connectivity index (χ3v) is 2.52. The molecule has 2 rings (SSSR count). The molecule has 0 bridgehead atoms. The zero-order chi connectivity index (χ0) is 11.8. The van der Waals surface area contributed by atoms with E-state index in [1.54, 1.807) is 12.1 Å². The van der Waals surface area contributed by atoms with Gasteiger partial charge in [0, 0.05) is 10.9 Å². The second kappa shape index (κ2) is 3.79. The third kappa shape index (κ3) is 1.65. The maximum absolute atomic E-state index is 13.5. The van der Waals surface area contributed by atoms with Gasteiger partial charge in [-0.15, -0.1) is 0 Å². The summed E-state index contributed by atoms with van der Waals surface area (Å²) in [7, 11) is 0. The minimum Gasteiger partial charge on any atom is -0.325 e. The molecule has 84 valence electrons. The molecular weight excluding hydrogens is 215 g/mol. The molecule has 2 aromatic rings. The number of halogens is 3. The summed E-state index contributed by atoms with van der Waals surface area (Å²) < 4.78 is 40.4. The summed E-state index contributed by atoms with van der Waals surface area (Å²) in [4.78, 5) is 0. The number of hydrogen-bond acceptors (Lipinski definition) is 1. The van der Waals surface area contributed by atoms with Gasteiger partial charge in [0.2, 0.25) is 0 Å². The molecule has 0 fully saturated rings. The largest absolute Gasteiger partial charge is 0.325 e. The molecular formula is C12H10F3N. The maximum Gasteiger partial charge on any atom is 0.285 e.